The maximum Gasteiger partial charge on any atom is 0.227 e. The number of benzene rings is 2. The van der Waals surface area contributed by atoms with Crippen LogP contribution in [0.2, 0.25) is 0 Å². The predicted molar refractivity (Wildman–Crippen MR) is 107 cm³/mol. The lowest BCUT2D eigenvalue weighted by atomic mass is 10.0. The molecule has 0 fully saturated rings. The Morgan fingerprint density at radius 3 is 2.42 bits per heavy atom. The molecular formula is C22H24N4. The van der Waals surface area contributed by atoms with Crippen molar-refractivity contribution in [2.24, 2.45) is 0 Å². The zero-order valence-corrected chi connectivity index (χ0v) is 15.6. The number of rotatable bonds is 3. The van der Waals surface area contributed by atoms with E-state index in [2.05, 4.69) is 73.5 Å². The first-order valence-electron chi connectivity index (χ1n) is 9.11. The van der Waals surface area contributed by atoms with E-state index in [1.165, 1.54) is 16.7 Å². The summed E-state index contributed by atoms with van der Waals surface area (Å²) < 4.78 is 0. The molecule has 132 valence electrons. The highest BCUT2D eigenvalue weighted by atomic mass is 15.3. The van der Waals surface area contributed by atoms with Crippen LogP contribution >= 0.6 is 0 Å². The Hall–Kier alpha value is -2.88. The summed E-state index contributed by atoms with van der Waals surface area (Å²) in [4.78, 5) is 11.9. The normalized spacial score (nSPS) is 13.4. The largest absolute Gasteiger partial charge is 0.340 e. The molecule has 4 heteroatoms. The topological polar surface area (TPSA) is 41.1 Å². The van der Waals surface area contributed by atoms with Gasteiger partial charge in [0.25, 0.3) is 0 Å². The van der Waals surface area contributed by atoms with Crippen molar-refractivity contribution in [3.05, 3.63) is 76.5 Å². The van der Waals surface area contributed by atoms with Crippen LogP contribution in [0.1, 0.15) is 27.9 Å². The molecule has 2 aromatic carbocycles. The van der Waals surface area contributed by atoms with Crippen LogP contribution in [0.15, 0.2) is 48.5 Å². The molecule has 3 aromatic rings. The molecule has 0 saturated carbocycles. The predicted octanol–water partition coefficient (Wildman–Crippen LogP) is 4.71. The molecular weight excluding hydrogens is 320 g/mol. The second-order valence-electron chi connectivity index (χ2n) is 6.96. The van der Waals surface area contributed by atoms with Crippen molar-refractivity contribution in [2.45, 2.75) is 33.7 Å². The van der Waals surface area contributed by atoms with E-state index in [-0.39, 0.29) is 0 Å². The molecule has 0 aliphatic carbocycles. The summed E-state index contributed by atoms with van der Waals surface area (Å²) in [5.41, 5.74) is 7.21. The van der Waals surface area contributed by atoms with Crippen molar-refractivity contribution in [1.82, 2.24) is 9.97 Å². The number of fused-ring (bicyclic) bond motifs is 1. The Morgan fingerprint density at radius 2 is 1.62 bits per heavy atom. The molecule has 0 unspecified atom stereocenters. The first-order chi connectivity index (χ1) is 12.6. The summed E-state index contributed by atoms with van der Waals surface area (Å²) in [5.74, 6) is 1.69. The van der Waals surface area contributed by atoms with Crippen molar-refractivity contribution < 1.29 is 0 Å². The summed E-state index contributed by atoms with van der Waals surface area (Å²) in [6.45, 7) is 8.05. The first kappa shape index (κ1) is 16.6. The third-order valence-electron chi connectivity index (χ3n) is 5.19. The molecule has 0 saturated heterocycles. The number of anilines is 3. The quantitative estimate of drug-likeness (QED) is 0.747. The van der Waals surface area contributed by atoms with Crippen molar-refractivity contribution in [1.29, 1.82) is 0 Å². The van der Waals surface area contributed by atoms with Gasteiger partial charge in [0, 0.05) is 30.0 Å². The van der Waals surface area contributed by atoms with Crippen molar-refractivity contribution >= 4 is 17.5 Å². The second-order valence-corrected chi connectivity index (χ2v) is 6.96. The lowest BCUT2D eigenvalue weighted by Crippen LogP contribution is -2.32. The first-order valence-corrected chi connectivity index (χ1v) is 9.11. The Kier molecular flexibility index (Phi) is 4.33. The fourth-order valence-electron chi connectivity index (χ4n) is 3.38. The SMILES string of the molecule is Cc1ccccc1Nc1nc(N2CCc3ccccc3C2)nc(C)c1C. The smallest absolute Gasteiger partial charge is 0.227 e. The molecule has 0 atom stereocenters. The summed E-state index contributed by atoms with van der Waals surface area (Å²) in [7, 11) is 0. The van der Waals surface area contributed by atoms with Gasteiger partial charge in [0.15, 0.2) is 0 Å². The molecule has 1 N–H and O–H groups in total. The molecule has 0 amide bonds. The molecule has 1 aliphatic rings. The average molecular weight is 344 g/mol. The Morgan fingerprint density at radius 1 is 0.885 bits per heavy atom. The summed E-state index contributed by atoms with van der Waals surface area (Å²) in [6.07, 6.45) is 1.03. The number of aromatic nitrogens is 2. The highest BCUT2D eigenvalue weighted by Crippen LogP contribution is 2.27. The van der Waals surface area contributed by atoms with Gasteiger partial charge in [-0.3, -0.25) is 0 Å². The van der Waals surface area contributed by atoms with E-state index in [4.69, 9.17) is 9.97 Å². The fraction of sp³-hybridized carbons (Fsp3) is 0.273. The van der Waals surface area contributed by atoms with Crippen LogP contribution in [-0.4, -0.2) is 16.5 Å². The zero-order valence-electron chi connectivity index (χ0n) is 15.6. The van der Waals surface area contributed by atoms with E-state index < -0.39 is 0 Å². The fourth-order valence-corrected chi connectivity index (χ4v) is 3.38. The van der Waals surface area contributed by atoms with Gasteiger partial charge in [-0.25, -0.2) is 4.98 Å². The van der Waals surface area contributed by atoms with Crippen LogP contribution in [0, 0.1) is 20.8 Å². The van der Waals surface area contributed by atoms with Gasteiger partial charge in [0.2, 0.25) is 5.95 Å². The molecule has 0 radical (unpaired) electrons. The second kappa shape index (κ2) is 6.79. The maximum absolute atomic E-state index is 4.87. The Labute approximate surface area is 154 Å². The van der Waals surface area contributed by atoms with Crippen molar-refractivity contribution in [3.8, 4) is 0 Å². The van der Waals surface area contributed by atoms with Gasteiger partial charge in [-0.1, -0.05) is 42.5 Å². The standard InChI is InChI=1S/C22H24N4/c1-15-8-4-7-11-20(15)24-21-16(2)17(3)23-22(25-21)26-13-12-18-9-5-6-10-19(18)14-26/h4-11H,12-14H2,1-3H3,(H,23,24,25). The van der Waals surface area contributed by atoms with Crippen LogP contribution in [0.25, 0.3) is 0 Å². The lowest BCUT2D eigenvalue weighted by molar-refractivity contribution is 0.705. The number of nitrogens with one attached hydrogen (secondary N) is 1. The van der Waals surface area contributed by atoms with Gasteiger partial charge in [-0.05, 0) is 49.9 Å². The van der Waals surface area contributed by atoms with Gasteiger partial charge >= 0.3 is 0 Å². The van der Waals surface area contributed by atoms with E-state index >= 15 is 0 Å². The van der Waals surface area contributed by atoms with Crippen molar-refractivity contribution in [2.75, 3.05) is 16.8 Å². The Bertz CT molecular complexity index is 949. The van der Waals surface area contributed by atoms with Gasteiger partial charge < -0.3 is 10.2 Å². The molecule has 1 aliphatic heterocycles. The van der Waals surface area contributed by atoms with E-state index in [0.29, 0.717) is 0 Å². The van der Waals surface area contributed by atoms with Crippen LogP contribution in [-0.2, 0) is 13.0 Å². The number of hydrogen-bond acceptors (Lipinski definition) is 4. The average Bonchev–Trinajstić information content (AvgIpc) is 2.66. The van der Waals surface area contributed by atoms with E-state index in [9.17, 15) is 0 Å². The van der Waals surface area contributed by atoms with Crippen LogP contribution in [0.5, 0.6) is 0 Å². The molecule has 0 spiro atoms. The van der Waals surface area contributed by atoms with Crippen LogP contribution in [0.4, 0.5) is 17.5 Å². The van der Waals surface area contributed by atoms with Gasteiger partial charge in [0.05, 0.1) is 0 Å². The molecule has 4 rings (SSSR count). The van der Waals surface area contributed by atoms with E-state index in [1.54, 1.807) is 0 Å². The summed E-state index contributed by atoms with van der Waals surface area (Å²) >= 11 is 0. The number of hydrogen-bond donors (Lipinski definition) is 1. The monoisotopic (exact) mass is 344 g/mol. The minimum atomic E-state index is 0.804. The number of aryl methyl sites for hydroxylation is 2. The lowest BCUT2D eigenvalue weighted by Gasteiger charge is -2.29. The third kappa shape index (κ3) is 3.15. The van der Waals surface area contributed by atoms with Crippen LogP contribution < -0.4 is 10.2 Å². The third-order valence-corrected chi connectivity index (χ3v) is 5.19. The molecule has 4 nitrogen and oxygen atoms in total. The van der Waals surface area contributed by atoms with Crippen molar-refractivity contribution in [3.63, 3.8) is 0 Å². The Balaban J connectivity index is 1.66. The minimum absolute atomic E-state index is 0.804. The maximum atomic E-state index is 4.87. The highest BCUT2D eigenvalue weighted by Gasteiger charge is 2.20. The van der Waals surface area contributed by atoms with Gasteiger partial charge in [-0.2, -0.15) is 4.98 Å². The summed E-state index contributed by atoms with van der Waals surface area (Å²) in [5, 5.41) is 3.50. The highest BCUT2D eigenvalue weighted by molar-refractivity contribution is 5.64. The number of nitrogens with zero attached hydrogens (tertiary/aromatic N) is 3. The van der Waals surface area contributed by atoms with E-state index in [1.807, 2.05) is 6.07 Å². The minimum Gasteiger partial charge on any atom is -0.340 e. The molecule has 26 heavy (non-hydrogen) atoms. The molecule has 2 heterocycles. The van der Waals surface area contributed by atoms with Gasteiger partial charge in [0.1, 0.15) is 5.82 Å². The van der Waals surface area contributed by atoms with Crippen LogP contribution in [0.3, 0.4) is 0 Å². The molecule has 0 bridgehead atoms. The number of para-hydroxylation sites is 1. The molecule has 1 aromatic heterocycles. The summed E-state index contributed by atoms with van der Waals surface area (Å²) in [6, 6.07) is 16.9. The van der Waals surface area contributed by atoms with E-state index in [0.717, 1.165) is 48.2 Å². The van der Waals surface area contributed by atoms with Gasteiger partial charge in [-0.15, -0.1) is 0 Å². The zero-order chi connectivity index (χ0) is 18.1.